The lowest BCUT2D eigenvalue weighted by Crippen LogP contribution is -2.41. The largest absolute Gasteiger partial charge is 0.310 e. The number of amides is 1. The van der Waals surface area contributed by atoms with Crippen molar-refractivity contribution in [3.63, 3.8) is 0 Å². The number of nitrogens with zero attached hydrogens (tertiary/aromatic N) is 3. The molecule has 0 aromatic heterocycles. The highest BCUT2D eigenvalue weighted by Gasteiger charge is 2.31. The molecule has 0 N–H and O–H groups in total. The van der Waals surface area contributed by atoms with Crippen LogP contribution < -0.4 is 4.90 Å². The van der Waals surface area contributed by atoms with Crippen molar-refractivity contribution in [1.29, 1.82) is 5.26 Å². The van der Waals surface area contributed by atoms with Crippen LogP contribution in [0, 0.1) is 32.1 Å². The second kappa shape index (κ2) is 9.03. The van der Waals surface area contributed by atoms with E-state index >= 15 is 0 Å². The van der Waals surface area contributed by atoms with Crippen LogP contribution in [0.5, 0.6) is 0 Å². The molecule has 0 atom stereocenters. The van der Waals surface area contributed by atoms with Gasteiger partial charge in [0.05, 0.1) is 19.0 Å². The maximum atomic E-state index is 13.2. The zero-order chi connectivity index (χ0) is 20.1. The minimum atomic E-state index is 0.0688. The van der Waals surface area contributed by atoms with Crippen LogP contribution >= 0.6 is 0 Å². The lowest BCUT2D eigenvalue weighted by Gasteiger charge is -2.28. The average Bonchev–Trinajstić information content (AvgIpc) is 3.48. The average molecular weight is 376 g/mol. The fourth-order valence-electron chi connectivity index (χ4n) is 3.61. The number of hydrogen-bond donors (Lipinski definition) is 0. The van der Waals surface area contributed by atoms with Crippen molar-refractivity contribution in [2.45, 2.75) is 52.6 Å². The Kier molecular flexibility index (Phi) is 6.49. The van der Waals surface area contributed by atoms with E-state index in [0.29, 0.717) is 25.6 Å². The maximum absolute atomic E-state index is 13.2. The molecular formula is C24H29N3O. The number of benzene rings is 2. The van der Waals surface area contributed by atoms with Gasteiger partial charge in [-0.2, -0.15) is 5.26 Å². The summed E-state index contributed by atoms with van der Waals surface area (Å²) in [5.74, 6) is 0.0688. The molecule has 1 saturated carbocycles. The SMILES string of the molecule is Cc1ccc(CN(CC(=O)N(CCC#N)c2cc(C)cc(C)c2)C2CC2)cc1. The first-order valence-electron chi connectivity index (χ1n) is 10.0. The van der Waals surface area contributed by atoms with E-state index in [1.807, 2.05) is 26.0 Å². The highest BCUT2D eigenvalue weighted by Crippen LogP contribution is 2.29. The van der Waals surface area contributed by atoms with E-state index in [4.69, 9.17) is 5.26 Å². The summed E-state index contributed by atoms with van der Waals surface area (Å²) in [5, 5.41) is 9.05. The smallest absolute Gasteiger partial charge is 0.241 e. The Morgan fingerprint density at radius 1 is 1.04 bits per heavy atom. The zero-order valence-corrected chi connectivity index (χ0v) is 17.1. The van der Waals surface area contributed by atoms with Crippen LogP contribution in [-0.4, -0.2) is 29.9 Å². The Morgan fingerprint density at radius 2 is 1.68 bits per heavy atom. The minimum absolute atomic E-state index is 0.0688. The molecule has 0 aliphatic heterocycles. The van der Waals surface area contributed by atoms with Gasteiger partial charge in [-0.05, 0) is 62.4 Å². The number of aryl methyl sites for hydroxylation is 3. The molecule has 1 aliphatic rings. The summed E-state index contributed by atoms with van der Waals surface area (Å²) >= 11 is 0. The molecule has 4 heteroatoms. The van der Waals surface area contributed by atoms with Crippen LogP contribution in [0.2, 0.25) is 0 Å². The van der Waals surface area contributed by atoms with Gasteiger partial charge in [0, 0.05) is 24.8 Å². The first kappa shape index (κ1) is 20.1. The molecule has 2 aromatic carbocycles. The molecule has 1 amide bonds. The maximum Gasteiger partial charge on any atom is 0.241 e. The number of carbonyl (C=O) groups excluding carboxylic acids is 1. The van der Waals surface area contributed by atoms with E-state index in [1.54, 1.807) is 4.90 Å². The van der Waals surface area contributed by atoms with Crippen molar-refractivity contribution in [3.8, 4) is 6.07 Å². The number of nitriles is 1. The highest BCUT2D eigenvalue weighted by molar-refractivity contribution is 5.95. The molecule has 0 radical (unpaired) electrons. The van der Waals surface area contributed by atoms with Gasteiger partial charge in [0.25, 0.3) is 0 Å². The molecule has 4 nitrogen and oxygen atoms in total. The van der Waals surface area contributed by atoms with Gasteiger partial charge in [0.15, 0.2) is 0 Å². The van der Waals surface area contributed by atoms with E-state index in [-0.39, 0.29) is 5.91 Å². The number of hydrogen-bond acceptors (Lipinski definition) is 3. The van der Waals surface area contributed by atoms with E-state index in [9.17, 15) is 4.79 Å². The van der Waals surface area contributed by atoms with Gasteiger partial charge in [-0.15, -0.1) is 0 Å². The van der Waals surface area contributed by atoms with E-state index in [1.165, 1.54) is 11.1 Å². The predicted octanol–water partition coefficient (Wildman–Crippen LogP) is 4.52. The monoisotopic (exact) mass is 375 g/mol. The molecule has 1 fully saturated rings. The summed E-state index contributed by atoms with van der Waals surface area (Å²) in [7, 11) is 0. The van der Waals surface area contributed by atoms with Crippen molar-refractivity contribution in [1.82, 2.24) is 4.90 Å². The summed E-state index contributed by atoms with van der Waals surface area (Å²) in [6, 6.07) is 17.4. The Morgan fingerprint density at radius 3 is 2.25 bits per heavy atom. The summed E-state index contributed by atoms with van der Waals surface area (Å²) in [6.45, 7) is 7.77. The second-order valence-corrected chi connectivity index (χ2v) is 7.92. The molecule has 3 rings (SSSR count). The quantitative estimate of drug-likeness (QED) is 0.681. The molecule has 0 heterocycles. The van der Waals surface area contributed by atoms with Gasteiger partial charge >= 0.3 is 0 Å². The number of rotatable bonds is 8. The molecule has 1 aliphatic carbocycles. The van der Waals surface area contributed by atoms with Crippen LogP contribution in [0.25, 0.3) is 0 Å². The molecule has 0 saturated heterocycles. The van der Waals surface area contributed by atoms with Crippen molar-refractivity contribution in [3.05, 3.63) is 64.7 Å². The van der Waals surface area contributed by atoms with Crippen molar-refractivity contribution in [2.75, 3.05) is 18.0 Å². The first-order chi connectivity index (χ1) is 13.5. The summed E-state index contributed by atoms with van der Waals surface area (Å²) in [6.07, 6.45) is 2.64. The topological polar surface area (TPSA) is 47.3 Å². The Balaban J connectivity index is 1.76. The molecular weight excluding hydrogens is 346 g/mol. The Bertz CT molecular complexity index is 842. The summed E-state index contributed by atoms with van der Waals surface area (Å²) in [4.78, 5) is 17.3. The summed E-state index contributed by atoms with van der Waals surface area (Å²) in [5.41, 5.74) is 5.63. The standard InChI is InChI=1S/C24H29N3O/c1-18-5-7-21(8-6-18)16-26(22-9-10-22)17-24(28)27(12-4-11-25)23-14-19(2)13-20(3)15-23/h5-8,13-15,22H,4,9-10,12,16-17H2,1-3H3. The number of carbonyl (C=O) groups is 1. The van der Waals surface area contributed by atoms with Crippen molar-refractivity contribution < 1.29 is 4.79 Å². The van der Waals surface area contributed by atoms with Crippen LogP contribution in [-0.2, 0) is 11.3 Å². The Labute approximate surface area is 168 Å². The Hall–Kier alpha value is -2.64. The van der Waals surface area contributed by atoms with Gasteiger partial charge in [-0.1, -0.05) is 35.9 Å². The lowest BCUT2D eigenvalue weighted by molar-refractivity contribution is -0.120. The molecule has 146 valence electrons. The minimum Gasteiger partial charge on any atom is -0.310 e. The second-order valence-electron chi connectivity index (χ2n) is 7.92. The van der Waals surface area contributed by atoms with E-state index in [0.717, 1.165) is 36.2 Å². The molecule has 0 bridgehead atoms. The van der Waals surface area contributed by atoms with E-state index in [2.05, 4.69) is 48.2 Å². The third-order valence-electron chi connectivity index (χ3n) is 5.17. The third-order valence-corrected chi connectivity index (χ3v) is 5.17. The molecule has 0 unspecified atom stereocenters. The lowest BCUT2D eigenvalue weighted by atomic mass is 10.1. The molecule has 2 aromatic rings. The van der Waals surface area contributed by atoms with Crippen LogP contribution in [0.3, 0.4) is 0 Å². The fourth-order valence-corrected chi connectivity index (χ4v) is 3.61. The van der Waals surface area contributed by atoms with E-state index < -0.39 is 0 Å². The van der Waals surface area contributed by atoms with Gasteiger partial charge in [-0.3, -0.25) is 9.69 Å². The predicted molar refractivity (Wildman–Crippen MR) is 113 cm³/mol. The van der Waals surface area contributed by atoms with Crippen LogP contribution in [0.1, 0.15) is 41.5 Å². The normalized spacial score (nSPS) is 13.4. The van der Waals surface area contributed by atoms with Gasteiger partial charge in [0.1, 0.15) is 0 Å². The van der Waals surface area contributed by atoms with Crippen LogP contribution in [0.15, 0.2) is 42.5 Å². The van der Waals surface area contributed by atoms with Crippen LogP contribution in [0.4, 0.5) is 5.69 Å². The first-order valence-corrected chi connectivity index (χ1v) is 10.0. The van der Waals surface area contributed by atoms with Crippen molar-refractivity contribution in [2.24, 2.45) is 0 Å². The number of anilines is 1. The highest BCUT2D eigenvalue weighted by atomic mass is 16.2. The summed E-state index contributed by atoms with van der Waals surface area (Å²) < 4.78 is 0. The van der Waals surface area contributed by atoms with Gasteiger partial charge in [-0.25, -0.2) is 0 Å². The molecule has 28 heavy (non-hydrogen) atoms. The zero-order valence-electron chi connectivity index (χ0n) is 17.1. The van der Waals surface area contributed by atoms with Gasteiger partial charge in [0.2, 0.25) is 5.91 Å². The third kappa shape index (κ3) is 5.43. The fraction of sp³-hybridized carbons (Fsp3) is 0.417. The molecule has 0 spiro atoms. The van der Waals surface area contributed by atoms with Gasteiger partial charge < -0.3 is 4.90 Å². The van der Waals surface area contributed by atoms with Crippen molar-refractivity contribution >= 4 is 11.6 Å².